The lowest BCUT2D eigenvalue weighted by atomic mass is 10.3. The van der Waals surface area contributed by atoms with Crippen LogP contribution in [0.3, 0.4) is 0 Å². The lowest BCUT2D eigenvalue weighted by Crippen LogP contribution is -2.28. The number of benzene rings is 1. The van der Waals surface area contributed by atoms with Crippen LogP contribution in [0, 0.1) is 6.92 Å². The van der Waals surface area contributed by atoms with Crippen molar-refractivity contribution in [2.75, 3.05) is 32.6 Å². The highest BCUT2D eigenvalue weighted by atomic mass is 32.1. The molecule has 0 aliphatic carbocycles. The summed E-state index contributed by atoms with van der Waals surface area (Å²) in [5.41, 5.74) is 1.69. The van der Waals surface area contributed by atoms with E-state index in [9.17, 15) is 4.79 Å². The highest BCUT2D eigenvalue weighted by Crippen LogP contribution is 2.15. The largest absolute Gasteiger partial charge is 0.492 e. The van der Waals surface area contributed by atoms with Crippen molar-refractivity contribution in [1.29, 1.82) is 0 Å². The molecule has 0 atom stereocenters. The second-order valence-corrected chi connectivity index (χ2v) is 6.31. The molecule has 1 aromatic heterocycles. The van der Waals surface area contributed by atoms with E-state index in [1.165, 1.54) is 11.3 Å². The van der Waals surface area contributed by atoms with Crippen LogP contribution in [0.15, 0.2) is 29.6 Å². The van der Waals surface area contributed by atoms with Crippen LogP contribution in [0.1, 0.15) is 10.7 Å². The first kappa shape index (κ1) is 17.2. The fraction of sp³-hybridized carbons (Fsp3) is 0.375. The van der Waals surface area contributed by atoms with Crippen molar-refractivity contribution in [2.24, 2.45) is 0 Å². The second kappa shape index (κ2) is 8.50. The van der Waals surface area contributed by atoms with Gasteiger partial charge in [-0.25, -0.2) is 9.78 Å². The number of likely N-dealkylation sites (N-methyl/N-ethyl adjacent to an activating group) is 1. The van der Waals surface area contributed by atoms with Gasteiger partial charge in [0, 0.05) is 23.3 Å². The highest BCUT2D eigenvalue weighted by Gasteiger charge is 2.04. The number of hydrogen-bond donors (Lipinski definition) is 2. The van der Waals surface area contributed by atoms with E-state index < -0.39 is 0 Å². The van der Waals surface area contributed by atoms with E-state index in [0.717, 1.165) is 28.7 Å². The molecule has 2 rings (SSSR count). The normalized spacial score (nSPS) is 10.6. The first-order valence-corrected chi connectivity index (χ1v) is 8.24. The van der Waals surface area contributed by atoms with Crippen molar-refractivity contribution in [1.82, 2.24) is 15.2 Å². The molecule has 2 aromatic rings. The van der Waals surface area contributed by atoms with Crippen LogP contribution >= 0.6 is 11.3 Å². The maximum Gasteiger partial charge on any atom is 0.319 e. The molecule has 124 valence electrons. The number of nitrogens with one attached hydrogen (secondary N) is 2. The lowest BCUT2D eigenvalue weighted by molar-refractivity contribution is 0.251. The zero-order chi connectivity index (χ0) is 16.7. The van der Waals surface area contributed by atoms with E-state index >= 15 is 0 Å². The Morgan fingerprint density at radius 2 is 2.04 bits per heavy atom. The molecule has 2 amide bonds. The van der Waals surface area contributed by atoms with E-state index in [2.05, 4.69) is 20.5 Å². The third-order valence-electron chi connectivity index (χ3n) is 2.99. The van der Waals surface area contributed by atoms with Gasteiger partial charge in [0.2, 0.25) is 0 Å². The van der Waals surface area contributed by atoms with Crippen LogP contribution in [0.5, 0.6) is 5.75 Å². The minimum absolute atomic E-state index is 0.251. The van der Waals surface area contributed by atoms with E-state index in [1.807, 2.05) is 50.7 Å². The van der Waals surface area contributed by atoms with Gasteiger partial charge in [0.05, 0.1) is 6.54 Å². The molecule has 23 heavy (non-hydrogen) atoms. The molecule has 0 unspecified atom stereocenters. The summed E-state index contributed by atoms with van der Waals surface area (Å²) in [7, 11) is 4.00. The van der Waals surface area contributed by atoms with Gasteiger partial charge in [-0.1, -0.05) is 0 Å². The summed E-state index contributed by atoms with van der Waals surface area (Å²) >= 11 is 1.54. The summed E-state index contributed by atoms with van der Waals surface area (Å²) in [6, 6.07) is 7.07. The first-order valence-electron chi connectivity index (χ1n) is 7.36. The number of aryl methyl sites for hydroxylation is 1. The Morgan fingerprint density at radius 3 is 2.65 bits per heavy atom. The van der Waals surface area contributed by atoms with Gasteiger partial charge in [0.15, 0.2) is 0 Å². The monoisotopic (exact) mass is 334 g/mol. The number of carbonyl (C=O) groups excluding carboxylic acids is 1. The number of nitrogens with zero attached hydrogens (tertiary/aromatic N) is 2. The number of urea groups is 1. The van der Waals surface area contributed by atoms with Crippen LogP contribution in [0.25, 0.3) is 0 Å². The Bertz CT molecular complexity index is 625. The minimum Gasteiger partial charge on any atom is -0.492 e. The third kappa shape index (κ3) is 6.25. The summed E-state index contributed by atoms with van der Waals surface area (Å²) in [5, 5.41) is 8.42. The van der Waals surface area contributed by atoms with Gasteiger partial charge in [-0.15, -0.1) is 11.3 Å². The number of anilines is 1. The zero-order valence-corrected chi connectivity index (χ0v) is 14.4. The average molecular weight is 334 g/mol. The lowest BCUT2D eigenvalue weighted by Gasteiger charge is -2.11. The fourth-order valence-corrected chi connectivity index (χ4v) is 2.51. The maximum atomic E-state index is 11.8. The Kier molecular flexibility index (Phi) is 6.37. The number of carbonyl (C=O) groups is 1. The van der Waals surface area contributed by atoms with Gasteiger partial charge in [-0.05, 0) is 45.3 Å². The summed E-state index contributed by atoms with van der Waals surface area (Å²) in [4.78, 5) is 18.2. The van der Waals surface area contributed by atoms with Crippen LogP contribution in [0.2, 0.25) is 0 Å². The van der Waals surface area contributed by atoms with Crippen LogP contribution in [-0.2, 0) is 6.54 Å². The van der Waals surface area contributed by atoms with Gasteiger partial charge < -0.3 is 20.3 Å². The first-order chi connectivity index (χ1) is 11.0. The molecule has 6 nitrogen and oxygen atoms in total. The summed E-state index contributed by atoms with van der Waals surface area (Å²) in [6.07, 6.45) is 0. The van der Waals surface area contributed by atoms with Crippen molar-refractivity contribution in [3.63, 3.8) is 0 Å². The molecule has 0 spiro atoms. The van der Waals surface area contributed by atoms with Crippen molar-refractivity contribution < 1.29 is 9.53 Å². The molecular weight excluding hydrogens is 312 g/mol. The van der Waals surface area contributed by atoms with Gasteiger partial charge in [-0.2, -0.15) is 0 Å². The van der Waals surface area contributed by atoms with Gasteiger partial charge >= 0.3 is 6.03 Å². The number of hydrogen-bond acceptors (Lipinski definition) is 5. The van der Waals surface area contributed by atoms with Gasteiger partial charge in [0.25, 0.3) is 0 Å². The molecule has 0 saturated heterocycles. The SMILES string of the molecule is Cc1csc(CNC(=O)Nc2ccc(OCCN(C)C)cc2)n1. The molecule has 0 radical (unpaired) electrons. The van der Waals surface area contributed by atoms with Crippen molar-refractivity contribution in [3.8, 4) is 5.75 Å². The maximum absolute atomic E-state index is 11.8. The van der Waals surface area contributed by atoms with Crippen molar-refractivity contribution >= 4 is 23.1 Å². The van der Waals surface area contributed by atoms with Crippen LogP contribution < -0.4 is 15.4 Å². The summed E-state index contributed by atoms with van der Waals surface area (Å²) < 4.78 is 5.61. The van der Waals surface area contributed by atoms with Crippen molar-refractivity contribution in [3.05, 3.63) is 40.3 Å². The quantitative estimate of drug-likeness (QED) is 0.817. The molecule has 7 heteroatoms. The van der Waals surface area contributed by atoms with E-state index in [1.54, 1.807) is 0 Å². The van der Waals surface area contributed by atoms with Crippen LogP contribution in [0.4, 0.5) is 10.5 Å². The number of thiazole rings is 1. The molecule has 0 fully saturated rings. The average Bonchev–Trinajstić information content (AvgIpc) is 2.92. The van der Waals surface area contributed by atoms with E-state index in [-0.39, 0.29) is 6.03 Å². The predicted molar refractivity (Wildman–Crippen MR) is 93.2 cm³/mol. The van der Waals surface area contributed by atoms with E-state index in [0.29, 0.717) is 13.2 Å². The molecule has 2 N–H and O–H groups in total. The second-order valence-electron chi connectivity index (χ2n) is 5.37. The Hall–Kier alpha value is -2.12. The van der Waals surface area contributed by atoms with Gasteiger partial charge in [-0.3, -0.25) is 0 Å². The zero-order valence-electron chi connectivity index (χ0n) is 13.6. The molecule has 1 heterocycles. The van der Waals surface area contributed by atoms with Crippen LogP contribution in [-0.4, -0.2) is 43.2 Å². The molecule has 1 aromatic carbocycles. The number of rotatable bonds is 7. The number of amides is 2. The summed E-state index contributed by atoms with van der Waals surface area (Å²) in [6.45, 7) is 3.85. The summed E-state index contributed by atoms with van der Waals surface area (Å²) in [5.74, 6) is 0.788. The molecule has 0 saturated carbocycles. The molecule has 0 aliphatic rings. The predicted octanol–water partition coefficient (Wildman–Crippen LogP) is 2.71. The van der Waals surface area contributed by atoms with Gasteiger partial charge in [0.1, 0.15) is 17.4 Å². The van der Waals surface area contributed by atoms with E-state index in [4.69, 9.17) is 4.74 Å². The third-order valence-corrected chi connectivity index (χ3v) is 3.95. The Morgan fingerprint density at radius 1 is 1.30 bits per heavy atom. The smallest absolute Gasteiger partial charge is 0.319 e. The Balaban J connectivity index is 1.75. The van der Waals surface area contributed by atoms with Crippen molar-refractivity contribution in [2.45, 2.75) is 13.5 Å². The Labute approximate surface area is 140 Å². The molecular formula is C16H22N4O2S. The fourth-order valence-electron chi connectivity index (χ4n) is 1.80. The number of ether oxygens (including phenoxy) is 1. The minimum atomic E-state index is -0.251. The topological polar surface area (TPSA) is 66.5 Å². The highest BCUT2D eigenvalue weighted by molar-refractivity contribution is 7.09. The number of aromatic nitrogens is 1. The molecule has 0 aliphatic heterocycles. The molecule has 0 bridgehead atoms. The standard InChI is InChI=1S/C16H22N4O2S/c1-12-11-23-15(18-12)10-17-16(21)19-13-4-6-14(7-5-13)22-9-8-20(2)3/h4-7,11H,8-10H2,1-3H3,(H2,17,19,21).